The predicted octanol–water partition coefficient (Wildman–Crippen LogP) is 1.21. The Balaban J connectivity index is 1.94. The molecule has 0 aliphatic heterocycles. The minimum atomic E-state index is -1.11. The molecule has 0 aliphatic rings. The van der Waals surface area contributed by atoms with Gasteiger partial charge in [0.25, 0.3) is 0 Å². The number of likely N-dealkylation sites (N-methyl/N-ethyl adjacent to an activating group) is 1. The van der Waals surface area contributed by atoms with Gasteiger partial charge in [-0.25, -0.2) is 14.8 Å². The third-order valence-corrected chi connectivity index (χ3v) is 3.05. The van der Waals surface area contributed by atoms with Crippen LogP contribution in [0.1, 0.15) is 16.1 Å². The molecule has 0 fully saturated rings. The number of aromatic carboxylic acids is 1. The fourth-order valence-corrected chi connectivity index (χ4v) is 1.99. The van der Waals surface area contributed by atoms with Crippen LogP contribution in [-0.4, -0.2) is 45.8 Å². The topological polar surface area (TPSA) is 86.5 Å². The minimum absolute atomic E-state index is 0.100. The Labute approximate surface area is 122 Å². The predicted molar refractivity (Wildman–Crippen MR) is 78.4 cm³/mol. The van der Waals surface area contributed by atoms with Crippen molar-refractivity contribution >= 4 is 11.8 Å². The summed E-state index contributed by atoms with van der Waals surface area (Å²) in [5, 5.41) is 18.9. The van der Waals surface area contributed by atoms with E-state index in [2.05, 4.69) is 9.97 Å². The molecule has 0 saturated carbocycles. The highest BCUT2D eigenvalue weighted by molar-refractivity contribution is 5.84. The van der Waals surface area contributed by atoms with Crippen molar-refractivity contribution in [1.82, 2.24) is 9.97 Å². The number of aliphatic hydroxyl groups excluding tert-OH is 1. The average Bonchev–Trinajstić information content (AvgIpc) is 2.48. The van der Waals surface area contributed by atoms with E-state index < -0.39 is 12.1 Å². The number of benzene rings is 1. The molecule has 1 aromatic heterocycles. The first-order chi connectivity index (χ1) is 10.1. The third-order valence-electron chi connectivity index (χ3n) is 3.05. The van der Waals surface area contributed by atoms with Crippen LogP contribution in [0.5, 0.6) is 0 Å². The molecule has 0 amide bonds. The average molecular weight is 287 g/mol. The highest BCUT2D eigenvalue weighted by atomic mass is 16.4. The number of rotatable bonds is 6. The Morgan fingerprint density at radius 3 is 2.52 bits per heavy atom. The summed E-state index contributed by atoms with van der Waals surface area (Å²) in [5.74, 6) is -0.590. The summed E-state index contributed by atoms with van der Waals surface area (Å²) in [5.41, 5.74) is 0.961. The quantitative estimate of drug-likeness (QED) is 0.830. The summed E-state index contributed by atoms with van der Waals surface area (Å²) in [6.45, 7) is 0.385. The van der Waals surface area contributed by atoms with E-state index in [1.54, 1.807) is 11.9 Å². The van der Waals surface area contributed by atoms with Crippen LogP contribution < -0.4 is 4.90 Å². The Morgan fingerprint density at radius 2 is 1.95 bits per heavy atom. The largest absolute Gasteiger partial charge is 0.476 e. The van der Waals surface area contributed by atoms with Crippen LogP contribution in [-0.2, 0) is 6.42 Å². The summed E-state index contributed by atoms with van der Waals surface area (Å²) in [7, 11) is 1.78. The first kappa shape index (κ1) is 14.9. The number of hydrogen-bond acceptors (Lipinski definition) is 5. The van der Waals surface area contributed by atoms with Gasteiger partial charge in [0.2, 0.25) is 0 Å². The molecule has 2 aromatic rings. The normalized spacial score (nSPS) is 11.9. The first-order valence-electron chi connectivity index (χ1n) is 6.54. The highest BCUT2D eigenvalue weighted by Crippen LogP contribution is 2.10. The lowest BCUT2D eigenvalue weighted by Crippen LogP contribution is -2.31. The highest BCUT2D eigenvalue weighted by Gasteiger charge is 2.12. The van der Waals surface area contributed by atoms with Gasteiger partial charge < -0.3 is 15.1 Å². The van der Waals surface area contributed by atoms with Crippen LogP contribution in [0.4, 0.5) is 5.82 Å². The van der Waals surface area contributed by atoms with Crippen molar-refractivity contribution in [3.8, 4) is 0 Å². The summed E-state index contributed by atoms with van der Waals surface area (Å²) >= 11 is 0. The molecule has 21 heavy (non-hydrogen) atoms. The van der Waals surface area contributed by atoms with Crippen LogP contribution >= 0.6 is 0 Å². The lowest BCUT2D eigenvalue weighted by Gasteiger charge is -2.21. The van der Waals surface area contributed by atoms with Crippen LogP contribution in [0, 0.1) is 0 Å². The second-order valence-electron chi connectivity index (χ2n) is 4.79. The van der Waals surface area contributed by atoms with Crippen molar-refractivity contribution in [3.63, 3.8) is 0 Å². The van der Waals surface area contributed by atoms with Gasteiger partial charge in [0.1, 0.15) is 5.82 Å². The molecule has 0 bridgehead atoms. The Morgan fingerprint density at radius 1 is 1.24 bits per heavy atom. The van der Waals surface area contributed by atoms with Crippen molar-refractivity contribution in [2.45, 2.75) is 12.5 Å². The summed E-state index contributed by atoms with van der Waals surface area (Å²) in [4.78, 5) is 20.3. The summed E-state index contributed by atoms with van der Waals surface area (Å²) < 4.78 is 0. The van der Waals surface area contributed by atoms with Crippen LogP contribution in [0.3, 0.4) is 0 Å². The van der Waals surface area contributed by atoms with E-state index in [1.807, 2.05) is 30.3 Å². The lowest BCUT2D eigenvalue weighted by molar-refractivity contribution is 0.0690. The molecule has 0 saturated heterocycles. The number of carbonyl (C=O) groups is 1. The van der Waals surface area contributed by atoms with Gasteiger partial charge in [-0.2, -0.15) is 0 Å². The monoisotopic (exact) mass is 287 g/mol. The molecule has 2 N–H and O–H groups in total. The molecule has 6 heteroatoms. The van der Waals surface area contributed by atoms with Gasteiger partial charge in [0.05, 0.1) is 18.5 Å². The standard InChI is InChI=1S/C15H17N3O3/c1-18(14-9-16-13(8-17-14)15(20)21)10-12(19)7-11-5-3-2-4-6-11/h2-6,8-9,12,19H,7,10H2,1H3,(H,20,21). The van der Waals surface area contributed by atoms with Gasteiger partial charge in [-0.15, -0.1) is 0 Å². The summed E-state index contributed by atoms with van der Waals surface area (Å²) in [6.07, 6.45) is 2.60. The van der Waals surface area contributed by atoms with E-state index in [0.29, 0.717) is 18.8 Å². The maximum atomic E-state index is 10.7. The fourth-order valence-electron chi connectivity index (χ4n) is 1.99. The van der Waals surface area contributed by atoms with E-state index in [9.17, 15) is 9.90 Å². The number of hydrogen-bond donors (Lipinski definition) is 2. The van der Waals surface area contributed by atoms with Gasteiger partial charge in [-0.1, -0.05) is 30.3 Å². The lowest BCUT2D eigenvalue weighted by atomic mass is 10.1. The second-order valence-corrected chi connectivity index (χ2v) is 4.79. The molecule has 1 unspecified atom stereocenters. The second kappa shape index (κ2) is 6.81. The van der Waals surface area contributed by atoms with Crippen molar-refractivity contribution in [2.75, 3.05) is 18.5 Å². The van der Waals surface area contributed by atoms with Crippen molar-refractivity contribution in [3.05, 3.63) is 54.0 Å². The van der Waals surface area contributed by atoms with Crippen LogP contribution in [0.25, 0.3) is 0 Å². The minimum Gasteiger partial charge on any atom is -0.476 e. The third kappa shape index (κ3) is 4.25. The van der Waals surface area contributed by atoms with Crippen LogP contribution in [0.2, 0.25) is 0 Å². The van der Waals surface area contributed by atoms with Crippen molar-refractivity contribution in [2.24, 2.45) is 0 Å². The molecule has 1 atom stereocenters. The SMILES string of the molecule is CN(CC(O)Cc1ccccc1)c1cnc(C(=O)O)cn1. The molecule has 0 aliphatic carbocycles. The fraction of sp³-hybridized carbons (Fsp3) is 0.267. The number of aromatic nitrogens is 2. The van der Waals surface area contributed by atoms with E-state index in [4.69, 9.17) is 5.11 Å². The van der Waals surface area contributed by atoms with Gasteiger partial charge in [-0.05, 0) is 5.56 Å². The molecular weight excluding hydrogens is 270 g/mol. The zero-order valence-electron chi connectivity index (χ0n) is 11.7. The molecule has 2 rings (SSSR count). The number of carboxylic acids is 1. The van der Waals surface area contributed by atoms with E-state index in [1.165, 1.54) is 12.4 Å². The van der Waals surface area contributed by atoms with Crippen molar-refractivity contribution in [1.29, 1.82) is 0 Å². The smallest absolute Gasteiger partial charge is 0.356 e. The zero-order valence-corrected chi connectivity index (χ0v) is 11.7. The molecule has 1 aromatic carbocycles. The van der Waals surface area contributed by atoms with Gasteiger partial charge >= 0.3 is 5.97 Å². The van der Waals surface area contributed by atoms with E-state index in [-0.39, 0.29) is 5.69 Å². The molecule has 6 nitrogen and oxygen atoms in total. The van der Waals surface area contributed by atoms with Gasteiger partial charge in [0.15, 0.2) is 5.69 Å². The van der Waals surface area contributed by atoms with Crippen molar-refractivity contribution < 1.29 is 15.0 Å². The van der Waals surface area contributed by atoms with Crippen LogP contribution in [0.15, 0.2) is 42.7 Å². The molecule has 110 valence electrons. The number of anilines is 1. The molecule has 0 spiro atoms. The Hall–Kier alpha value is -2.47. The Kier molecular flexibility index (Phi) is 4.84. The Bertz CT molecular complexity index is 587. The molecule has 0 radical (unpaired) electrons. The van der Waals surface area contributed by atoms with Gasteiger partial charge in [-0.3, -0.25) is 0 Å². The number of nitrogens with zero attached hydrogens (tertiary/aromatic N) is 3. The van der Waals surface area contributed by atoms with Gasteiger partial charge in [0, 0.05) is 20.0 Å². The summed E-state index contributed by atoms with van der Waals surface area (Å²) in [6, 6.07) is 9.72. The van der Waals surface area contributed by atoms with E-state index >= 15 is 0 Å². The van der Waals surface area contributed by atoms with E-state index in [0.717, 1.165) is 5.56 Å². The number of aliphatic hydroxyl groups is 1. The number of carboxylic acid groups (broad SMARTS) is 1. The maximum Gasteiger partial charge on any atom is 0.356 e. The maximum absolute atomic E-state index is 10.7. The zero-order chi connectivity index (χ0) is 15.2. The molecule has 1 heterocycles. The molecular formula is C15H17N3O3. The first-order valence-corrected chi connectivity index (χ1v) is 6.54.